The molecular weight excluding hydrogens is 350 g/mol. The first-order valence-corrected chi connectivity index (χ1v) is 9.15. The van der Waals surface area contributed by atoms with Gasteiger partial charge in [0.25, 0.3) is 0 Å². The van der Waals surface area contributed by atoms with Gasteiger partial charge in [-0.05, 0) is 43.2 Å². The molecule has 3 aromatic rings. The Bertz CT molecular complexity index is 973. The number of benzene rings is 2. The first-order valence-electron chi connectivity index (χ1n) is 8.78. The zero-order valence-electron chi connectivity index (χ0n) is 14.9. The summed E-state index contributed by atoms with van der Waals surface area (Å²) in [6.07, 6.45) is 0.749. The van der Waals surface area contributed by atoms with Gasteiger partial charge >= 0.3 is 5.69 Å². The molecule has 1 amide bonds. The van der Waals surface area contributed by atoms with Crippen LogP contribution in [0.3, 0.4) is 0 Å². The van der Waals surface area contributed by atoms with Crippen molar-refractivity contribution < 1.29 is 4.79 Å². The maximum absolute atomic E-state index is 12.6. The number of nitrogens with one attached hydrogen (secondary N) is 1. The zero-order valence-corrected chi connectivity index (χ0v) is 15.7. The van der Waals surface area contributed by atoms with E-state index >= 15 is 0 Å². The van der Waals surface area contributed by atoms with Crippen molar-refractivity contribution in [2.24, 2.45) is 0 Å². The highest BCUT2D eigenvalue weighted by atomic mass is 35.5. The lowest BCUT2D eigenvalue weighted by atomic mass is 10.0. The third-order valence-electron chi connectivity index (χ3n) is 4.56. The van der Waals surface area contributed by atoms with E-state index in [-0.39, 0.29) is 24.2 Å². The number of rotatable bonds is 6. The topological polar surface area (TPSA) is 56.0 Å². The molecule has 5 nitrogen and oxygen atoms in total. The van der Waals surface area contributed by atoms with Crippen molar-refractivity contribution in [3.63, 3.8) is 0 Å². The number of nitrogens with zero attached hydrogens (tertiary/aromatic N) is 2. The number of para-hydroxylation sites is 2. The quantitative estimate of drug-likeness (QED) is 0.717. The Balaban J connectivity index is 1.84. The maximum Gasteiger partial charge on any atom is 0.329 e. The number of aromatic nitrogens is 2. The van der Waals surface area contributed by atoms with Crippen LogP contribution in [0.5, 0.6) is 0 Å². The van der Waals surface area contributed by atoms with Crippen LogP contribution in [0.4, 0.5) is 0 Å². The molecule has 1 unspecified atom stereocenters. The molecule has 1 aromatic heterocycles. The molecule has 1 heterocycles. The summed E-state index contributed by atoms with van der Waals surface area (Å²) < 4.78 is 3.21. The predicted octanol–water partition coefficient (Wildman–Crippen LogP) is 3.74. The van der Waals surface area contributed by atoms with Gasteiger partial charge < -0.3 is 5.32 Å². The van der Waals surface area contributed by atoms with Crippen molar-refractivity contribution in [3.8, 4) is 0 Å². The van der Waals surface area contributed by atoms with E-state index < -0.39 is 0 Å². The number of carbonyl (C=O) groups is 1. The molecule has 1 atom stereocenters. The number of amides is 1. The smallest absolute Gasteiger partial charge is 0.329 e. The van der Waals surface area contributed by atoms with Crippen LogP contribution in [0, 0.1) is 0 Å². The van der Waals surface area contributed by atoms with E-state index in [0.717, 1.165) is 23.0 Å². The van der Waals surface area contributed by atoms with Crippen molar-refractivity contribution in [1.29, 1.82) is 0 Å². The van der Waals surface area contributed by atoms with Crippen molar-refractivity contribution in [2.45, 2.75) is 39.4 Å². The van der Waals surface area contributed by atoms with Gasteiger partial charge in [-0.25, -0.2) is 4.79 Å². The average molecular weight is 372 g/mol. The Labute approximate surface area is 157 Å². The average Bonchev–Trinajstić information content (AvgIpc) is 2.92. The molecule has 0 spiro atoms. The number of imidazole rings is 1. The van der Waals surface area contributed by atoms with E-state index in [0.29, 0.717) is 11.6 Å². The second-order valence-corrected chi connectivity index (χ2v) is 6.62. The summed E-state index contributed by atoms with van der Waals surface area (Å²) >= 11 is 5.93. The second-order valence-electron chi connectivity index (χ2n) is 6.18. The maximum atomic E-state index is 12.6. The molecule has 0 aliphatic carbocycles. The van der Waals surface area contributed by atoms with Crippen LogP contribution < -0.4 is 11.0 Å². The molecule has 3 rings (SSSR count). The summed E-state index contributed by atoms with van der Waals surface area (Å²) in [5, 5.41) is 3.68. The summed E-state index contributed by atoms with van der Waals surface area (Å²) in [5.74, 6) is -0.187. The van der Waals surface area contributed by atoms with Gasteiger partial charge in [-0.15, -0.1) is 0 Å². The zero-order chi connectivity index (χ0) is 18.7. The van der Waals surface area contributed by atoms with Crippen LogP contribution in [0.15, 0.2) is 53.3 Å². The lowest BCUT2D eigenvalue weighted by Gasteiger charge is -2.17. The fraction of sp³-hybridized carbons (Fsp3) is 0.300. The Morgan fingerprint density at radius 1 is 1.04 bits per heavy atom. The van der Waals surface area contributed by atoms with Crippen LogP contribution in [0.1, 0.15) is 31.9 Å². The van der Waals surface area contributed by atoms with E-state index in [9.17, 15) is 9.59 Å². The van der Waals surface area contributed by atoms with Gasteiger partial charge in [0.1, 0.15) is 6.54 Å². The van der Waals surface area contributed by atoms with Gasteiger partial charge in [-0.1, -0.05) is 42.8 Å². The molecule has 0 aliphatic heterocycles. The number of halogens is 1. The van der Waals surface area contributed by atoms with E-state index in [1.54, 1.807) is 4.57 Å². The first kappa shape index (κ1) is 18.3. The third kappa shape index (κ3) is 3.53. The molecule has 0 aliphatic rings. The van der Waals surface area contributed by atoms with Crippen LogP contribution >= 0.6 is 11.6 Å². The van der Waals surface area contributed by atoms with Crippen molar-refractivity contribution in [1.82, 2.24) is 14.5 Å². The Hall–Kier alpha value is -2.53. The van der Waals surface area contributed by atoms with E-state index in [2.05, 4.69) is 5.32 Å². The molecule has 0 radical (unpaired) electrons. The fourth-order valence-electron chi connectivity index (χ4n) is 3.23. The van der Waals surface area contributed by atoms with E-state index in [1.807, 2.05) is 62.4 Å². The third-order valence-corrected chi connectivity index (χ3v) is 4.81. The van der Waals surface area contributed by atoms with Gasteiger partial charge in [0.2, 0.25) is 5.91 Å². The van der Waals surface area contributed by atoms with Crippen LogP contribution in [-0.4, -0.2) is 15.0 Å². The highest BCUT2D eigenvalue weighted by Gasteiger charge is 2.17. The molecule has 6 heteroatoms. The molecule has 0 fully saturated rings. The fourth-order valence-corrected chi connectivity index (χ4v) is 3.36. The summed E-state index contributed by atoms with van der Waals surface area (Å²) in [6.45, 7) is 4.49. The molecule has 136 valence electrons. The molecule has 2 aromatic carbocycles. The number of aryl methyl sites for hydroxylation is 1. The largest absolute Gasteiger partial charge is 0.348 e. The molecule has 0 bridgehead atoms. The van der Waals surface area contributed by atoms with Gasteiger partial charge in [0, 0.05) is 11.6 Å². The highest BCUT2D eigenvalue weighted by Crippen LogP contribution is 2.19. The van der Waals surface area contributed by atoms with Crippen LogP contribution in [0.25, 0.3) is 11.0 Å². The lowest BCUT2D eigenvalue weighted by molar-refractivity contribution is -0.122. The number of carbonyl (C=O) groups excluding carboxylic acids is 1. The van der Waals surface area contributed by atoms with Gasteiger partial charge in [-0.3, -0.25) is 13.9 Å². The van der Waals surface area contributed by atoms with E-state index in [1.165, 1.54) is 4.57 Å². The first-order chi connectivity index (χ1) is 12.5. The minimum atomic E-state index is -0.187. The number of hydrogen-bond acceptors (Lipinski definition) is 2. The molecule has 0 saturated heterocycles. The second kappa shape index (κ2) is 7.79. The van der Waals surface area contributed by atoms with Gasteiger partial charge in [-0.2, -0.15) is 0 Å². The molecule has 26 heavy (non-hydrogen) atoms. The van der Waals surface area contributed by atoms with Crippen molar-refractivity contribution >= 4 is 28.5 Å². The van der Waals surface area contributed by atoms with Crippen molar-refractivity contribution in [2.75, 3.05) is 0 Å². The number of hydrogen-bond donors (Lipinski definition) is 1. The summed E-state index contributed by atoms with van der Waals surface area (Å²) in [5.41, 5.74) is 2.45. The Morgan fingerprint density at radius 3 is 2.23 bits per heavy atom. The minimum absolute atomic E-state index is 0.00354. The van der Waals surface area contributed by atoms with E-state index in [4.69, 9.17) is 11.6 Å². The minimum Gasteiger partial charge on any atom is -0.348 e. The normalized spacial score (nSPS) is 12.3. The SMILES string of the molecule is CCC(NC(=O)Cn1c(=O)n(CC)c2ccccc21)c1ccc(Cl)cc1. The van der Waals surface area contributed by atoms with Gasteiger partial charge in [0.05, 0.1) is 17.1 Å². The number of fused-ring (bicyclic) bond motifs is 1. The standard InChI is InChI=1S/C20H22ClN3O2/c1-3-16(14-9-11-15(21)12-10-14)22-19(25)13-24-18-8-6-5-7-17(18)23(4-2)20(24)26/h5-12,16H,3-4,13H2,1-2H3,(H,22,25). The molecule has 0 saturated carbocycles. The Kier molecular flexibility index (Phi) is 5.47. The van der Waals surface area contributed by atoms with Crippen molar-refractivity contribution in [3.05, 3.63) is 69.6 Å². The monoisotopic (exact) mass is 371 g/mol. The summed E-state index contributed by atoms with van der Waals surface area (Å²) in [7, 11) is 0. The Morgan fingerprint density at radius 2 is 1.65 bits per heavy atom. The van der Waals surface area contributed by atoms with Crippen LogP contribution in [0.2, 0.25) is 5.02 Å². The molecular formula is C20H22ClN3O2. The van der Waals surface area contributed by atoms with Gasteiger partial charge in [0.15, 0.2) is 0 Å². The summed E-state index contributed by atoms with van der Waals surface area (Å²) in [6, 6.07) is 14.9. The predicted molar refractivity (Wildman–Crippen MR) is 104 cm³/mol. The lowest BCUT2D eigenvalue weighted by Crippen LogP contribution is -2.35. The summed E-state index contributed by atoms with van der Waals surface area (Å²) in [4.78, 5) is 25.3. The highest BCUT2D eigenvalue weighted by molar-refractivity contribution is 6.30. The van der Waals surface area contributed by atoms with Crippen LogP contribution in [-0.2, 0) is 17.9 Å². The molecule has 1 N–H and O–H groups in total.